The lowest BCUT2D eigenvalue weighted by Gasteiger charge is -2.34. The van der Waals surface area contributed by atoms with E-state index in [1.54, 1.807) is 6.92 Å². The second-order valence-corrected chi connectivity index (χ2v) is 4.10. The fraction of sp³-hybridized carbons (Fsp3) is 0.778. The van der Waals surface area contributed by atoms with Gasteiger partial charge in [0.05, 0.1) is 12.7 Å². The van der Waals surface area contributed by atoms with Crippen LogP contribution in [-0.4, -0.2) is 58.3 Å². The first-order valence-electron chi connectivity index (χ1n) is 5.40. The van der Waals surface area contributed by atoms with Crippen LogP contribution < -0.4 is 11.1 Å². The third-order valence-corrected chi connectivity index (χ3v) is 2.89. The monoisotopic (exact) mass is 244 g/mol. The van der Waals surface area contributed by atoms with Crippen LogP contribution in [0.4, 0.5) is 4.79 Å². The van der Waals surface area contributed by atoms with Gasteiger partial charge in [-0.1, -0.05) is 0 Å². The van der Waals surface area contributed by atoms with Crippen LogP contribution in [0.1, 0.15) is 13.3 Å². The Hall–Kier alpha value is -1.38. The van der Waals surface area contributed by atoms with E-state index < -0.39 is 30.6 Å². The van der Waals surface area contributed by atoms with Crippen molar-refractivity contribution in [2.75, 3.05) is 6.61 Å². The van der Waals surface area contributed by atoms with Crippen LogP contribution in [0, 0.1) is 0 Å². The van der Waals surface area contributed by atoms with Crippen LogP contribution >= 0.6 is 0 Å². The summed E-state index contributed by atoms with van der Waals surface area (Å²) in [5, 5.41) is 21.0. The number of aliphatic hydroxyl groups excluding tert-OH is 2. The van der Waals surface area contributed by atoms with Gasteiger partial charge < -0.3 is 20.7 Å². The minimum atomic E-state index is -0.784. The largest absolute Gasteiger partial charge is 0.394 e. The molecular formula is C9H16N4O4. The maximum atomic E-state index is 11.7. The summed E-state index contributed by atoms with van der Waals surface area (Å²) < 4.78 is 5.39. The fourth-order valence-corrected chi connectivity index (χ4v) is 2.06. The predicted molar refractivity (Wildman–Crippen MR) is 57.8 cm³/mol. The number of aliphatic hydroxyl groups is 2. The number of hydrogen-bond donors (Lipinski definition) is 4. The molecule has 4 atom stereocenters. The van der Waals surface area contributed by atoms with Crippen LogP contribution in [0.3, 0.4) is 0 Å². The summed E-state index contributed by atoms with van der Waals surface area (Å²) >= 11 is 0. The molecule has 17 heavy (non-hydrogen) atoms. The maximum Gasteiger partial charge on any atom is 0.327 e. The van der Waals surface area contributed by atoms with E-state index in [1.165, 1.54) is 4.90 Å². The number of rotatable bonds is 2. The van der Waals surface area contributed by atoms with Crippen molar-refractivity contribution in [1.82, 2.24) is 10.2 Å². The molecule has 96 valence electrons. The van der Waals surface area contributed by atoms with Crippen molar-refractivity contribution in [2.45, 2.75) is 37.9 Å². The highest BCUT2D eigenvalue weighted by Gasteiger charge is 2.41. The number of amides is 2. The molecule has 8 heteroatoms. The van der Waals surface area contributed by atoms with E-state index in [2.05, 4.69) is 10.3 Å². The van der Waals surface area contributed by atoms with E-state index >= 15 is 0 Å². The van der Waals surface area contributed by atoms with Crippen LogP contribution in [0.5, 0.6) is 0 Å². The van der Waals surface area contributed by atoms with Crippen molar-refractivity contribution < 1.29 is 19.7 Å². The summed E-state index contributed by atoms with van der Waals surface area (Å²) in [6.45, 7) is 1.42. The normalized spacial score (nSPS) is 37.9. The molecule has 0 aromatic rings. The lowest BCUT2D eigenvalue weighted by Crippen LogP contribution is -2.57. The lowest BCUT2D eigenvalue weighted by molar-refractivity contribution is -0.0725. The number of ether oxygens (including phenoxy) is 1. The van der Waals surface area contributed by atoms with Gasteiger partial charge in [0.1, 0.15) is 18.5 Å². The first-order chi connectivity index (χ1) is 8.02. The van der Waals surface area contributed by atoms with Gasteiger partial charge in [0.25, 0.3) is 0 Å². The van der Waals surface area contributed by atoms with Gasteiger partial charge in [0.15, 0.2) is 5.96 Å². The number of hydrogen-bond acceptors (Lipinski definition) is 6. The Kier molecular flexibility index (Phi) is 3.18. The minimum absolute atomic E-state index is 0.0657. The fourth-order valence-electron chi connectivity index (χ4n) is 2.06. The van der Waals surface area contributed by atoms with E-state index in [4.69, 9.17) is 15.6 Å². The van der Waals surface area contributed by atoms with Gasteiger partial charge in [0.2, 0.25) is 0 Å². The summed E-state index contributed by atoms with van der Waals surface area (Å²) in [5.74, 6) is 0.0657. The van der Waals surface area contributed by atoms with Gasteiger partial charge in [-0.15, -0.1) is 0 Å². The number of aliphatic imine (C=N–C) groups is 1. The summed E-state index contributed by atoms with van der Waals surface area (Å²) in [5.41, 5.74) is 5.42. The summed E-state index contributed by atoms with van der Waals surface area (Å²) in [6, 6.07) is -0.416. The molecule has 5 N–H and O–H groups in total. The molecule has 1 saturated heterocycles. The van der Waals surface area contributed by atoms with Crippen LogP contribution in [0.15, 0.2) is 4.99 Å². The molecule has 2 amide bonds. The highest BCUT2D eigenvalue weighted by molar-refractivity contribution is 5.97. The molecule has 0 aliphatic carbocycles. The first-order valence-corrected chi connectivity index (χ1v) is 5.40. The quantitative estimate of drug-likeness (QED) is 0.454. The van der Waals surface area contributed by atoms with Gasteiger partial charge in [-0.2, -0.15) is 0 Å². The van der Waals surface area contributed by atoms with Crippen molar-refractivity contribution in [3.8, 4) is 0 Å². The number of urea groups is 1. The number of carbonyl (C=O) groups is 1. The third kappa shape index (κ3) is 2.19. The molecule has 0 aromatic heterocycles. The van der Waals surface area contributed by atoms with Crippen molar-refractivity contribution >= 4 is 12.0 Å². The second kappa shape index (κ2) is 4.47. The second-order valence-electron chi connectivity index (χ2n) is 4.10. The minimum Gasteiger partial charge on any atom is -0.394 e. The maximum absolute atomic E-state index is 11.7. The molecule has 0 aromatic carbocycles. The Morgan fingerprint density at radius 2 is 2.41 bits per heavy atom. The molecule has 2 aliphatic heterocycles. The summed E-state index contributed by atoms with van der Waals surface area (Å²) in [7, 11) is 0. The SMILES string of the molecule is C[C@@H]1N=C(N)NC(=O)N1[C@H]1C[C@@H](O)[C@@H](CO)O1. The third-order valence-electron chi connectivity index (χ3n) is 2.89. The predicted octanol–water partition coefficient (Wildman–Crippen LogP) is -1.86. The van der Waals surface area contributed by atoms with Crippen molar-refractivity contribution in [2.24, 2.45) is 10.7 Å². The molecule has 0 radical (unpaired) electrons. The van der Waals surface area contributed by atoms with Crippen LogP contribution in [0.25, 0.3) is 0 Å². The molecule has 0 bridgehead atoms. The topological polar surface area (TPSA) is 120 Å². The summed E-state index contributed by atoms with van der Waals surface area (Å²) in [4.78, 5) is 17.1. The Morgan fingerprint density at radius 3 is 2.94 bits per heavy atom. The summed E-state index contributed by atoms with van der Waals surface area (Å²) in [6.07, 6.45) is -2.26. The number of guanidine groups is 1. The first kappa shape index (κ1) is 12.1. The molecule has 8 nitrogen and oxygen atoms in total. The zero-order chi connectivity index (χ0) is 12.6. The molecule has 2 rings (SSSR count). The molecule has 2 aliphatic rings. The van der Waals surface area contributed by atoms with Gasteiger partial charge in [-0.05, 0) is 6.92 Å². The van der Waals surface area contributed by atoms with Gasteiger partial charge in [-0.3, -0.25) is 10.2 Å². The van der Waals surface area contributed by atoms with E-state index in [0.29, 0.717) is 0 Å². The van der Waals surface area contributed by atoms with Gasteiger partial charge in [-0.25, -0.2) is 9.79 Å². The molecule has 1 fully saturated rings. The zero-order valence-electron chi connectivity index (χ0n) is 9.41. The Bertz CT molecular complexity index is 348. The highest BCUT2D eigenvalue weighted by atomic mass is 16.5. The number of nitrogens with two attached hydrogens (primary N) is 1. The van der Waals surface area contributed by atoms with E-state index in [9.17, 15) is 9.90 Å². The number of nitrogens with zero attached hydrogens (tertiary/aromatic N) is 2. The number of nitrogens with one attached hydrogen (secondary N) is 1. The zero-order valence-corrected chi connectivity index (χ0v) is 9.41. The molecular weight excluding hydrogens is 228 g/mol. The van der Waals surface area contributed by atoms with Gasteiger partial charge >= 0.3 is 6.03 Å². The van der Waals surface area contributed by atoms with Crippen molar-refractivity contribution in [3.63, 3.8) is 0 Å². The smallest absolute Gasteiger partial charge is 0.327 e. The Balaban J connectivity index is 2.11. The Morgan fingerprint density at radius 1 is 1.71 bits per heavy atom. The van der Waals surface area contributed by atoms with E-state index in [0.717, 1.165) is 0 Å². The standard InChI is InChI=1S/C9H16N4O4/c1-4-11-8(10)12-9(16)13(4)7-2-5(15)6(3-14)17-7/h4-7,14-15H,2-3H2,1H3,(H3,10,11,12,16)/t4-,5-,6-,7-/m1/s1. The van der Waals surface area contributed by atoms with Gasteiger partial charge in [0, 0.05) is 6.42 Å². The average Bonchev–Trinajstić information content (AvgIpc) is 2.57. The molecule has 2 heterocycles. The molecule has 0 unspecified atom stereocenters. The Labute approximate surface area is 98.1 Å². The van der Waals surface area contributed by atoms with E-state index in [1.807, 2.05) is 0 Å². The molecule has 0 saturated carbocycles. The average molecular weight is 244 g/mol. The highest BCUT2D eigenvalue weighted by Crippen LogP contribution is 2.25. The molecule has 0 spiro atoms. The number of carbonyl (C=O) groups excluding carboxylic acids is 1. The van der Waals surface area contributed by atoms with Crippen molar-refractivity contribution in [3.05, 3.63) is 0 Å². The van der Waals surface area contributed by atoms with Crippen LogP contribution in [-0.2, 0) is 4.74 Å². The van der Waals surface area contributed by atoms with E-state index in [-0.39, 0.29) is 19.0 Å². The lowest BCUT2D eigenvalue weighted by atomic mass is 10.2. The van der Waals surface area contributed by atoms with Crippen molar-refractivity contribution in [1.29, 1.82) is 0 Å². The van der Waals surface area contributed by atoms with Crippen LogP contribution in [0.2, 0.25) is 0 Å².